The number of benzene rings is 2. The van der Waals surface area contributed by atoms with Crippen LogP contribution in [0.3, 0.4) is 0 Å². The highest BCUT2D eigenvalue weighted by Crippen LogP contribution is 2.39. The topological polar surface area (TPSA) is 99.4 Å². The van der Waals surface area contributed by atoms with Crippen molar-refractivity contribution in [2.24, 2.45) is 0 Å². The largest absolute Gasteiger partial charge is 0.478 e. The quantitative estimate of drug-likeness (QED) is 0.611. The van der Waals surface area contributed by atoms with Crippen molar-refractivity contribution in [2.45, 2.75) is 26.2 Å². The second-order valence-corrected chi connectivity index (χ2v) is 6.59. The lowest BCUT2D eigenvalue weighted by molar-refractivity contribution is -0.139. The summed E-state index contributed by atoms with van der Waals surface area (Å²) in [6.45, 7) is 3.36. The minimum absolute atomic E-state index is 0.0400. The number of ether oxygens (including phenoxy) is 1. The minimum atomic E-state index is -1.10. The predicted molar refractivity (Wildman–Crippen MR) is 104 cm³/mol. The number of carboxylic acid groups (broad SMARTS) is 1. The van der Waals surface area contributed by atoms with Crippen molar-refractivity contribution >= 4 is 22.7 Å². The summed E-state index contributed by atoms with van der Waals surface area (Å²) in [5.41, 5.74) is 2.08. The number of hydrogen-bond donors (Lipinski definition) is 2. The van der Waals surface area contributed by atoms with E-state index in [1.54, 1.807) is 13.8 Å². The third-order valence-electron chi connectivity index (χ3n) is 4.76. The lowest BCUT2D eigenvalue weighted by Crippen LogP contribution is -2.31. The molecule has 0 bridgehead atoms. The first-order valence-corrected chi connectivity index (χ1v) is 8.88. The zero-order valence-corrected chi connectivity index (χ0v) is 15.7. The van der Waals surface area contributed by atoms with Crippen LogP contribution in [0.25, 0.3) is 10.8 Å². The summed E-state index contributed by atoms with van der Waals surface area (Å²) in [7, 11) is 0. The first-order valence-electron chi connectivity index (χ1n) is 8.88. The van der Waals surface area contributed by atoms with Gasteiger partial charge >= 0.3 is 11.9 Å². The van der Waals surface area contributed by atoms with Gasteiger partial charge in [0.1, 0.15) is 6.61 Å². The number of nitrogens with zero attached hydrogens (tertiary/aromatic N) is 1. The number of nitrogens with one attached hydrogen (secondary N) is 1. The molecule has 2 N–H and O–H groups in total. The fourth-order valence-corrected chi connectivity index (χ4v) is 3.54. The predicted octanol–water partition coefficient (Wildman–Crippen LogP) is 3.62. The van der Waals surface area contributed by atoms with Crippen LogP contribution in [0.15, 0.2) is 65.0 Å². The van der Waals surface area contributed by atoms with Gasteiger partial charge in [0.2, 0.25) is 0 Å². The Balaban J connectivity index is 2.13. The van der Waals surface area contributed by atoms with Crippen LogP contribution in [0.2, 0.25) is 0 Å². The maximum atomic E-state index is 12.8. The molecule has 3 rings (SSSR count). The number of dihydropyridines is 1. The number of fused-ring (bicyclic) bond motifs is 1. The number of allylic oxidation sites excluding steroid dienone is 2. The van der Waals surface area contributed by atoms with Gasteiger partial charge in [0, 0.05) is 11.4 Å². The van der Waals surface area contributed by atoms with Gasteiger partial charge in [-0.2, -0.15) is 5.26 Å². The van der Waals surface area contributed by atoms with Gasteiger partial charge in [0.25, 0.3) is 0 Å². The zero-order valence-electron chi connectivity index (χ0n) is 15.7. The van der Waals surface area contributed by atoms with E-state index in [4.69, 9.17) is 10.00 Å². The van der Waals surface area contributed by atoms with E-state index >= 15 is 0 Å². The minimum Gasteiger partial charge on any atom is -0.478 e. The highest BCUT2D eigenvalue weighted by molar-refractivity contribution is 5.99. The van der Waals surface area contributed by atoms with E-state index in [9.17, 15) is 14.7 Å². The fraction of sp³-hybridized carbons (Fsp3) is 0.227. The van der Waals surface area contributed by atoms with Crippen molar-refractivity contribution < 1.29 is 19.4 Å². The molecule has 0 fully saturated rings. The lowest BCUT2D eigenvalue weighted by Gasteiger charge is -2.29. The maximum Gasteiger partial charge on any atom is 0.336 e. The van der Waals surface area contributed by atoms with Crippen LogP contribution < -0.4 is 5.32 Å². The molecule has 0 saturated heterocycles. The number of hydrogen-bond acceptors (Lipinski definition) is 5. The second-order valence-electron chi connectivity index (χ2n) is 6.59. The Bertz CT molecular complexity index is 1060. The molecule has 1 atom stereocenters. The second kappa shape index (κ2) is 7.97. The van der Waals surface area contributed by atoms with Gasteiger partial charge in [-0.3, -0.25) is 0 Å². The number of carboxylic acids is 1. The molecule has 0 aromatic heterocycles. The molecule has 0 aliphatic carbocycles. The normalized spacial score (nSPS) is 16.5. The van der Waals surface area contributed by atoms with Gasteiger partial charge in [0.15, 0.2) is 0 Å². The van der Waals surface area contributed by atoms with Crippen LogP contribution in [-0.4, -0.2) is 23.7 Å². The molecule has 2 aromatic rings. The molecule has 6 nitrogen and oxygen atoms in total. The number of carbonyl (C=O) groups excluding carboxylic acids is 1. The standard InChI is InChI=1S/C22H20N2O4/c1-13-18(21(25)26)20(17-9-8-15-6-3-4-7-16(15)12-17)19(14(2)24-13)22(27)28-11-5-10-23/h3-4,6-9,12,20,24H,5,11H2,1-2H3,(H,25,26). The van der Waals surface area contributed by atoms with Crippen molar-refractivity contribution in [2.75, 3.05) is 6.61 Å². The van der Waals surface area contributed by atoms with Crippen LogP contribution in [0.4, 0.5) is 0 Å². The summed E-state index contributed by atoms with van der Waals surface area (Å²) in [5.74, 6) is -2.49. The number of esters is 1. The van der Waals surface area contributed by atoms with Gasteiger partial charge < -0.3 is 15.2 Å². The van der Waals surface area contributed by atoms with Crippen molar-refractivity contribution in [1.82, 2.24) is 5.32 Å². The van der Waals surface area contributed by atoms with E-state index in [0.29, 0.717) is 17.0 Å². The van der Waals surface area contributed by atoms with E-state index in [1.807, 2.05) is 48.5 Å². The molecular formula is C22H20N2O4. The molecule has 1 aliphatic heterocycles. The number of carbonyl (C=O) groups is 2. The number of nitriles is 1. The number of aliphatic carboxylic acids is 1. The Morgan fingerprint density at radius 1 is 1.11 bits per heavy atom. The summed E-state index contributed by atoms with van der Waals surface area (Å²) < 4.78 is 5.22. The van der Waals surface area contributed by atoms with Crippen molar-refractivity contribution in [3.63, 3.8) is 0 Å². The summed E-state index contributed by atoms with van der Waals surface area (Å²) in [4.78, 5) is 24.8. The number of rotatable bonds is 5. The Hall–Kier alpha value is -3.59. The van der Waals surface area contributed by atoms with Crippen molar-refractivity contribution in [3.8, 4) is 6.07 Å². The van der Waals surface area contributed by atoms with Crippen LogP contribution in [0, 0.1) is 11.3 Å². The van der Waals surface area contributed by atoms with Gasteiger partial charge in [-0.25, -0.2) is 9.59 Å². The molecule has 28 heavy (non-hydrogen) atoms. The summed E-state index contributed by atoms with van der Waals surface area (Å²) >= 11 is 0. The highest BCUT2D eigenvalue weighted by Gasteiger charge is 2.37. The Labute approximate surface area is 162 Å². The van der Waals surface area contributed by atoms with E-state index in [2.05, 4.69) is 5.32 Å². The van der Waals surface area contributed by atoms with Crippen LogP contribution in [0.1, 0.15) is 31.7 Å². The van der Waals surface area contributed by atoms with Gasteiger partial charge in [-0.15, -0.1) is 0 Å². The van der Waals surface area contributed by atoms with E-state index in [1.165, 1.54) is 0 Å². The van der Waals surface area contributed by atoms with Crippen LogP contribution in [0.5, 0.6) is 0 Å². The molecular weight excluding hydrogens is 356 g/mol. The van der Waals surface area contributed by atoms with Crippen LogP contribution >= 0.6 is 0 Å². The summed E-state index contributed by atoms with van der Waals surface area (Å²) in [6, 6.07) is 15.3. The van der Waals surface area contributed by atoms with E-state index in [0.717, 1.165) is 10.8 Å². The monoisotopic (exact) mass is 376 g/mol. The summed E-state index contributed by atoms with van der Waals surface area (Å²) in [5, 5.41) is 23.5. The Morgan fingerprint density at radius 2 is 1.79 bits per heavy atom. The molecule has 1 aliphatic rings. The molecule has 0 radical (unpaired) electrons. The molecule has 1 heterocycles. The summed E-state index contributed by atoms with van der Waals surface area (Å²) in [6.07, 6.45) is 0.0762. The van der Waals surface area contributed by atoms with Gasteiger partial charge in [-0.1, -0.05) is 42.5 Å². The molecule has 142 valence electrons. The van der Waals surface area contributed by atoms with E-state index in [-0.39, 0.29) is 24.2 Å². The van der Waals surface area contributed by atoms with E-state index < -0.39 is 17.9 Å². The third kappa shape index (κ3) is 3.60. The lowest BCUT2D eigenvalue weighted by atomic mass is 9.80. The average molecular weight is 376 g/mol. The fourth-order valence-electron chi connectivity index (χ4n) is 3.54. The molecule has 2 aromatic carbocycles. The molecule has 1 unspecified atom stereocenters. The van der Waals surface area contributed by atoms with Crippen molar-refractivity contribution in [3.05, 3.63) is 70.6 Å². The Morgan fingerprint density at radius 3 is 2.46 bits per heavy atom. The smallest absolute Gasteiger partial charge is 0.336 e. The van der Waals surface area contributed by atoms with Gasteiger partial charge in [-0.05, 0) is 30.2 Å². The first kappa shape index (κ1) is 19.2. The zero-order chi connectivity index (χ0) is 20.3. The molecule has 0 spiro atoms. The van der Waals surface area contributed by atoms with Crippen LogP contribution in [-0.2, 0) is 14.3 Å². The molecule has 0 saturated carbocycles. The highest BCUT2D eigenvalue weighted by atomic mass is 16.5. The van der Waals surface area contributed by atoms with Crippen molar-refractivity contribution in [1.29, 1.82) is 5.26 Å². The van der Waals surface area contributed by atoms with Gasteiger partial charge in [0.05, 0.1) is 29.6 Å². The Kier molecular flexibility index (Phi) is 5.46. The third-order valence-corrected chi connectivity index (χ3v) is 4.76. The molecule has 6 heteroatoms. The maximum absolute atomic E-state index is 12.8. The molecule has 0 amide bonds. The average Bonchev–Trinajstić information content (AvgIpc) is 2.66. The SMILES string of the molecule is CC1=C(C(=O)O)C(c2ccc3ccccc3c2)C(C(=O)OCCC#N)=C(C)N1. The first-order chi connectivity index (χ1) is 13.4.